The van der Waals surface area contributed by atoms with Gasteiger partial charge in [0, 0.05) is 73.5 Å². The lowest BCUT2D eigenvalue weighted by Gasteiger charge is -2.32. The topological polar surface area (TPSA) is 224 Å². The van der Waals surface area contributed by atoms with Crippen molar-refractivity contribution in [1.82, 2.24) is 29.8 Å². The molecule has 6 atom stereocenters. The van der Waals surface area contributed by atoms with E-state index in [9.17, 15) is 63.5 Å². The third-order valence-corrected chi connectivity index (χ3v) is 25.2. The lowest BCUT2D eigenvalue weighted by Crippen LogP contribution is -2.41. The molecule has 9 aromatic rings. The molecular formula is C106H118BBrCl2F9N9O11. The summed E-state index contributed by atoms with van der Waals surface area (Å²) < 4.78 is 143. The van der Waals surface area contributed by atoms with Crippen LogP contribution < -0.4 is 21.3 Å². The fourth-order valence-electron chi connectivity index (χ4n) is 17.0. The normalized spacial score (nSPS) is 18.3. The summed E-state index contributed by atoms with van der Waals surface area (Å²) in [4.78, 5) is 83.6. The Morgan fingerprint density at radius 3 is 1.05 bits per heavy atom. The van der Waals surface area contributed by atoms with Gasteiger partial charge in [0.15, 0.2) is 0 Å². The smallest absolute Gasteiger partial charge is 0.475 e. The van der Waals surface area contributed by atoms with Crippen molar-refractivity contribution in [3.63, 3.8) is 0 Å². The Morgan fingerprint density at radius 1 is 0.453 bits per heavy atom. The summed E-state index contributed by atoms with van der Waals surface area (Å²) in [6.07, 6.45) is 7.30. The number of halogens is 12. The molecule has 7 heterocycles. The van der Waals surface area contributed by atoms with Gasteiger partial charge >= 0.3 is 31.5 Å². The van der Waals surface area contributed by atoms with Crippen molar-refractivity contribution in [2.24, 2.45) is 0 Å². The molecule has 0 bridgehead atoms. The van der Waals surface area contributed by atoms with Crippen molar-refractivity contribution in [2.75, 3.05) is 80.2 Å². The van der Waals surface area contributed by atoms with Gasteiger partial charge < -0.3 is 69.7 Å². The largest absolute Gasteiger partial charge is 0.490 e. The molecule has 0 aliphatic carbocycles. The third kappa shape index (κ3) is 29.5. The van der Waals surface area contributed by atoms with Crippen LogP contribution in [0.2, 0.25) is 0 Å². The second-order valence-electron chi connectivity index (χ2n) is 37.1. The molecule has 33 heteroatoms. The highest BCUT2D eigenvalue weighted by Gasteiger charge is 2.53. The quantitative estimate of drug-likeness (QED) is 0.0306. The number of rotatable bonds is 18. The van der Waals surface area contributed by atoms with Crippen LogP contribution in [-0.4, -0.2) is 165 Å². The van der Waals surface area contributed by atoms with Gasteiger partial charge in [0.05, 0.1) is 51.7 Å². The first-order valence-electron chi connectivity index (χ1n) is 46.2. The van der Waals surface area contributed by atoms with Gasteiger partial charge in [-0.3, -0.25) is 14.4 Å². The van der Waals surface area contributed by atoms with Crippen LogP contribution in [0.25, 0.3) is 11.1 Å². The molecule has 4 saturated heterocycles. The molecule has 0 aromatic heterocycles. The zero-order valence-electron chi connectivity index (χ0n) is 79.3. The average molecular weight is 2030 g/mol. The lowest BCUT2D eigenvalue weighted by molar-refractivity contribution is -0.192. The van der Waals surface area contributed by atoms with E-state index >= 15 is 0 Å². The molecule has 20 nitrogen and oxygen atoms in total. The van der Waals surface area contributed by atoms with Crippen LogP contribution in [0.15, 0.2) is 247 Å². The second kappa shape index (κ2) is 49.0. The number of likely N-dealkylation sites (tertiary alicyclic amines) is 3. The molecular weight excluding hydrogens is 1910 g/mol. The maximum Gasteiger partial charge on any atom is 0.490 e. The summed E-state index contributed by atoms with van der Waals surface area (Å²) >= 11 is 12.9. The van der Waals surface area contributed by atoms with E-state index in [-0.39, 0.29) is 106 Å². The second-order valence-corrected chi connectivity index (χ2v) is 38.9. The number of hydrogen-bond acceptors (Lipinski definition) is 14. The van der Waals surface area contributed by atoms with Crippen molar-refractivity contribution >= 4 is 110 Å². The van der Waals surface area contributed by atoms with Crippen LogP contribution in [0.1, 0.15) is 208 Å². The Kier molecular flexibility index (Phi) is 38.0. The van der Waals surface area contributed by atoms with Crippen LogP contribution in [0, 0.1) is 34.9 Å². The van der Waals surface area contributed by atoms with E-state index in [0.29, 0.717) is 99.3 Å². The molecule has 0 saturated carbocycles. The van der Waals surface area contributed by atoms with Gasteiger partial charge in [0.2, 0.25) is 17.7 Å². The number of carboxylic acid groups (broad SMARTS) is 1. The number of aliphatic carboxylic acids is 1. The molecule has 0 radical (unpaired) electrons. The Labute approximate surface area is 825 Å². The zero-order valence-corrected chi connectivity index (χ0v) is 82.4. The highest BCUT2D eigenvalue weighted by atomic mass is 79.9. The van der Waals surface area contributed by atoms with Gasteiger partial charge in [-0.15, -0.1) is 23.2 Å². The molecule has 740 valence electrons. The van der Waals surface area contributed by atoms with Crippen LogP contribution in [0.5, 0.6) is 0 Å². The first-order valence-corrected chi connectivity index (χ1v) is 48.1. The predicted molar refractivity (Wildman–Crippen MR) is 528 cm³/mol. The highest BCUT2D eigenvalue weighted by molar-refractivity contribution is 9.10. The number of carboxylic acids is 1. The van der Waals surface area contributed by atoms with E-state index in [4.69, 9.17) is 51.9 Å². The van der Waals surface area contributed by atoms with Crippen LogP contribution in [0.4, 0.5) is 66.2 Å². The van der Waals surface area contributed by atoms with Gasteiger partial charge in [-0.25, -0.2) is 40.7 Å². The summed E-state index contributed by atoms with van der Waals surface area (Å²) in [5, 5.41) is 20.0. The standard InChI is InChI=1S/C34H37F2N3O3.C29H29F2N3O.C24H21BrF2N2O.C16H28BNO4.C2HF3O2.CH2Cl2/c1-34(2,3)42-33(41)38-21-18-24(19-22-38)23-14-16-25(17-15-23)31(37-29-12-7-6-11-28(29)36)32(40)39-20-8-13-30(39)26-9-4-5-10-27(26)35;30-24-7-2-1-6-23(24)27-10-5-19-34(27)29(35)28(33-26-9-4-3-8-25(26)31)22-13-11-20(12-14-22)21-15-17-32-18-16-21;25-17-13-11-16(12-14-17)23(28-21-9-4-3-8-20(21)27)24(30)29-15-5-10-22(29)18-6-1-2-7-19(18)26;1-14(2,3)20-13(19)18-10-8-12(9-11-18)17-21-15(4,5)16(6,7)22-17;3-2(4,5)1(6)7;2-1-3/h4-7,9-12,14-18,30-31,37H,8,13,19-22H2,1-3H3;1-4,6-9,11-15,27-28,32-33H,5,10,16-19H2;1-4,6-9,11-14,22-23,28H,5,10,15H2;8H,9-11H2,1-7H3;(H,6,7);1H2. The number of hydrogen-bond donors (Lipinski definition) is 5. The van der Waals surface area contributed by atoms with Crippen molar-refractivity contribution in [3.05, 3.63) is 326 Å². The van der Waals surface area contributed by atoms with Gasteiger partial charge in [-0.05, 0) is 245 Å². The number of ether oxygens (including phenoxy) is 2. The van der Waals surface area contributed by atoms with Crippen molar-refractivity contribution in [1.29, 1.82) is 0 Å². The van der Waals surface area contributed by atoms with E-state index in [1.807, 2.05) is 154 Å². The first kappa shape index (κ1) is 108. The van der Waals surface area contributed by atoms with E-state index in [1.54, 1.807) is 134 Å². The first-order chi connectivity index (χ1) is 66.0. The maximum absolute atomic E-state index is 14.7. The number of para-hydroxylation sites is 3. The Hall–Kier alpha value is -11.6. The van der Waals surface area contributed by atoms with Crippen LogP contribution >= 0.6 is 39.1 Å². The molecule has 5 N–H and O–H groups in total. The minimum atomic E-state index is -5.08. The number of alkyl halides is 5. The van der Waals surface area contributed by atoms with Crippen molar-refractivity contribution in [3.8, 4) is 0 Å². The highest BCUT2D eigenvalue weighted by Crippen LogP contribution is 2.44. The summed E-state index contributed by atoms with van der Waals surface area (Å²) in [5.41, 5.74) is 8.33. The van der Waals surface area contributed by atoms with Gasteiger partial charge in [0.25, 0.3) is 0 Å². The number of carbonyl (C=O) groups is 6. The molecule has 16 rings (SSSR count). The fraction of sp³-hybridized carbons (Fsp3) is 0.377. The number of nitrogens with zero attached hydrogens (tertiary/aromatic N) is 5. The van der Waals surface area contributed by atoms with Gasteiger partial charge in [0.1, 0.15) is 64.2 Å². The molecule has 4 fully saturated rings. The molecule has 7 aliphatic rings. The molecule has 139 heavy (non-hydrogen) atoms. The average Bonchev–Trinajstić information content (AvgIpc) is 1.38. The van der Waals surface area contributed by atoms with Gasteiger partial charge in [-0.2, -0.15) is 13.2 Å². The van der Waals surface area contributed by atoms with Crippen molar-refractivity contribution < 1.29 is 92.2 Å². The van der Waals surface area contributed by atoms with E-state index in [2.05, 4.69) is 43.3 Å². The van der Waals surface area contributed by atoms with E-state index in [1.165, 1.54) is 42.0 Å². The van der Waals surface area contributed by atoms with Gasteiger partial charge in [-0.1, -0.05) is 186 Å². The number of carbonyl (C=O) groups excluding carboxylic acids is 5. The zero-order chi connectivity index (χ0) is 101. The SMILES string of the molecule is CC(C)(C)OC(=O)N1CC=C(B2OC(C)(C)C(C)(C)O2)CC1.CC(C)(C)OC(=O)N1CC=C(c2ccc(C(Nc3ccccc3F)C(=O)N3CCCC3c3ccccc3F)cc2)CC1.ClCCl.O=C(C(Nc1ccccc1F)c1ccc(Br)cc1)N1CCCC1c1ccccc1F.O=C(C(Nc1ccccc1F)c1ccc(C2=CCNCC2)cc1)N1CCCC1c1ccccc1F.O=C(O)C(F)(F)F. The number of nitrogens with one attached hydrogen (secondary N) is 4. The molecule has 6 unspecified atom stereocenters. The van der Waals surface area contributed by atoms with E-state index < -0.39 is 58.9 Å². The molecule has 7 aliphatic heterocycles. The van der Waals surface area contributed by atoms with E-state index in [0.717, 1.165) is 77.4 Å². The molecule has 5 amide bonds. The third-order valence-electron chi connectivity index (χ3n) is 24.7. The number of benzene rings is 9. The van der Waals surface area contributed by atoms with Crippen molar-refractivity contribution in [2.45, 2.75) is 192 Å². The monoisotopic (exact) mass is 2020 g/mol. The Balaban J connectivity index is 0.000000175. The summed E-state index contributed by atoms with van der Waals surface area (Å²) in [7, 11) is -0.314. The Morgan fingerprint density at radius 2 is 0.763 bits per heavy atom. The Bertz CT molecular complexity index is 5780. The van der Waals surface area contributed by atoms with Crippen LogP contribution in [0.3, 0.4) is 0 Å². The maximum atomic E-state index is 14.7. The predicted octanol–water partition coefficient (Wildman–Crippen LogP) is 24.8. The molecule has 9 aromatic carbocycles. The minimum absolute atomic E-state index is 0.187. The summed E-state index contributed by atoms with van der Waals surface area (Å²) in [5.74, 6) is -5.65. The lowest BCUT2D eigenvalue weighted by atomic mass is 9.75. The summed E-state index contributed by atoms with van der Waals surface area (Å²) in [6.45, 7) is 24.9. The minimum Gasteiger partial charge on any atom is -0.475 e. The fourth-order valence-corrected chi connectivity index (χ4v) is 17.3. The summed E-state index contributed by atoms with van der Waals surface area (Å²) in [6, 6.07) is 58.0. The number of amides is 5. The number of anilines is 3. The van der Waals surface area contributed by atoms with Crippen LogP contribution in [-0.2, 0) is 38.0 Å². The molecule has 0 spiro atoms.